The van der Waals surface area contributed by atoms with E-state index in [1.165, 1.54) is 0 Å². The second kappa shape index (κ2) is 7.08. The van der Waals surface area contributed by atoms with Gasteiger partial charge in [-0.05, 0) is 32.2 Å². The minimum atomic E-state index is 0.125. The molecule has 0 radical (unpaired) electrons. The summed E-state index contributed by atoms with van der Waals surface area (Å²) < 4.78 is 5.90. The zero-order valence-corrected chi connectivity index (χ0v) is 11.9. The first-order valence-electron chi connectivity index (χ1n) is 6.35. The molecule has 0 fully saturated rings. The molecule has 0 spiro atoms. The van der Waals surface area contributed by atoms with Gasteiger partial charge in [-0.3, -0.25) is 0 Å². The first kappa shape index (κ1) is 15.7. The lowest BCUT2D eigenvalue weighted by Gasteiger charge is -2.37. The lowest BCUT2D eigenvalue weighted by molar-refractivity contribution is -0.0277. The Labute approximate surface area is 101 Å². The summed E-state index contributed by atoms with van der Waals surface area (Å²) in [7, 11) is 0. The maximum Gasteiger partial charge on any atom is 0.0814 e. The van der Waals surface area contributed by atoms with Gasteiger partial charge in [-0.15, -0.1) is 0 Å². The Kier molecular flexibility index (Phi) is 6.93. The lowest BCUT2D eigenvalue weighted by atomic mass is 9.82. The van der Waals surface area contributed by atoms with Gasteiger partial charge in [0.2, 0.25) is 0 Å². The van der Waals surface area contributed by atoms with Crippen LogP contribution in [0.15, 0.2) is 12.2 Å². The second-order valence-electron chi connectivity index (χ2n) is 5.52. The van der Waals surface area contributed by atoms with Gasteiger partial charge >= 0.3 is 0 Å². The third-order valence-electron chi connectivity index (χ3n) is 2.65. The SMILES string of the molecule is C=C(C)C(NCCC)C(OCC)C(C)(C)C. The van der Waals surface area contributed by atoms with Crippen molar-refractivity contribution in [2.24, 2.45) is 5.41 Å². The molecule has 0 aromatic rings. The Morgan fingerprint density at radius 1 is 1.31 bits per heavy atom. The summed E-state index contributed by atoms with van der Waals surface area (Å²) in [5.41, 5.74) is 1.28. The van der Waals surface area contributed by atoms with E-state index in [2.05, 4.69) is 46.5 Å². The fourth-order valence-electron chi connectivity index (χ4n) is 1.87. The van der Waals surface area contributed by atoms with E-state index in [1.807, 2.05) is 6.92 Å². The molecule has 0 saturated carbocycles. The van der Waals surface area contributed by atoms with Gasteiger partial charge in [-0.25, -0.2) is 0 Å². The van der Waals surface area contributed by atoms with Gasteiger partial charge < -0.3 is 10.1 Å². The van der Waals surface area contributed by atoms with E-state index in [0.29, 0.717) is 0 Å². The van der Waals surface area contributed by atoms with Crippen LogP contribution >= 0.6 is 0 Å². The molecule has 16 heavy (non-hydrogen) atoms. The van der Waals surface area contributed by atoms with Crippen molar-refractivity contribution in [2.45, 2.75) is 60.1 Å². The lowest BCUT2D eigenvalue weighted by Crippen LogP contribution is -2.49. The molecule has 0 aliphatic carbocycles. The van der Waals surface area contributed by atoms with Crippen LogP contribution in [-0.2, 0) is 4.74 Å². The molecule has 0 bridgehead atoms. The molecule has 0 rings (SSSR count). The van der Waals surface area contributed by atoms with Crippen LogP contribution < -0.4 is 5.32 Å². The Morgan fingerprint density at radius 3 is 2.19 bits per heavy atom. The molecular weight excluding hydrogens is 198 g/mol. The molecule has 2 unspecified atom stereocenters. The van der Waals surface area contributed by atoms with Crippen LogP contribution in [-0.4, -0.2) is 25.3 Å². The van der Waals surface area contributed by atoms with Gasteiger partial charge in [0.25, 0.3) is 0 Å². The molecule has 0 saturated heterocycles. The van der Waals surface area contributed by atoms with Crippen molar-refractivity contribution >= 4 is 0 Å². The smallest absolute Gasteiger partial charge is 0.0814 e. The zero-order valence-electron chi connectivity index (χ0n) is 11.9. The Hall–Kier alpha value is -0.340. The van der Waals surface area contributed by atoms with Crippen molar-refractivity contribution in [1.82, 2.24) is 5.32 Å². The molecule has 0 amide bonds. The predicted octanol–water partition coefficient (Wildman–Crippen LogP) is 3.38. The molecule has 1 N–H and O–H groups in total. The molecule has 0 aromatic heterocycles. The van der Waals surface area contributed by atoms with Crippen LogP contribution in [0.2, 0.25) is 0 Å². The number of hydrogen-bond acceptors (Lipinski definition) is 2. The molecule has 2 atom stereocenters. The van der Waals surface area contributed by atoms with E-state index in [9.17, 15) is 0 Å². The fraction of sp³-hybridized carbons (Fsp3) is 0.857. The van der Waals surface area contributed by atoms with E-state index >= 15 is 0 Å². The van der Waals surface area contributed by atoms with E-state index in [4.69, 9.17) is 4.74 Å². The van der Waals surface area contributed by atoms with E-state index in [1.54, 1.807) is 0 Å². The van der Waals surface area contributed by atoms with Gasteiger partial charge in [-0.1, -0.05) is 39.8 Å². The normalized spacial score (nSPS) is 15.9. The maximum absolute atomic E-state index is 5.90. The van der Waals surface area contributed by atoms with Gasteiger partial charge in [0, 0.05) is 6.61 Å². The average Bonchev–Trinajstić information content (AvgIpc) is 2.14. The van der Waals surface area contributed by atoms with Gasteiger partial charge in [0.15, 0.2) is 0 Å². The third kappa shape index (κ3) is 5.13. The first-order chi connectivity index (χ1) is 7.34. The van der Waals surface area contributed by atoms with Crippen molar-refractivity contribution in [2.75, 3.05) is 13.2 Å². The van der Waals surface area contributed by atoms with Crippen LogP contribution in [0.3, 0.4) is 0 Å². The largest absolute Gasteiger partial charge is 0.376 e. The third-order valence-corrected chi connectivity index (χ3v) is 2.65. The van der Waals surface area contributed by atoms with Crippen molar-refractivity contribution in [1.29, 1.82) is 0 Å². The molecule has 96 valence electrons. The summed E-state index contributed by atoms with van der Waals surface area (Å²) >= 11 is 0. The fourth-order valence-corrected chi connectivity index (χ4v) is 1.87. The predicted molar refractivity (Wildman–Crippen MR) is 71.8 cm³/mol. The highest BCUT2D eigenvalue weighted by atomic mass is 16.5. The summed E-state index contributed by atoms with van der Waals surface area (Å²) in [5, 5.41) is 3.54. The van der Waals surface area contributed by atoms with Crippen LogP contribution in [0.1, 0.15) is 48.0 Å². The Bertz CT molecular complexity index is 205. The quantitative estimate of drug-likeness (QED) is 0.673. The second-order valence-corrected chi connectivity index (χ2v) is 5.52. The van der Waals surface area contributed by atoms with Crippen molar-refractivity contribution in [3.05, 3.63) is 12.2 Å². The van der Waals surface area contributed by atoms with Crippen molar-refractivity contribution in [3.63, 3.8) is 0 Å². The van der Waals surface area contributed by atoms with Crippen molar-refractivity contribution in [3.8, 4) is 0 Å². The number of rotatable bonds is 7. The zero-order chi connectivity index (χ0) is 12.8. The molecule has 0 aromatic carbocycles. The van der Waals surface area contributed by atoms with Crippen LogP contribution in [0.25, 0.3) is 0 Å². The highest BCUT2D eigenvalue weighted by Gasteiger charge is 2.32. The van der Waals surface area contributed by atoms with E-state index in [0.717, 1.165) is 25.1 Å². The van der Waals surface area contributed by atoms with Gasteiger partial charge in [0.05, 0.1) is 12.1 Å². The Balaban J connectivity index is 4.73. The topological polar surface area (TPSA) is 21.3 Å². The minimum absolute atomic E-state index is 0.125. The molecular formula is C14H29NO. The van der Waals surface area contributed by atoms with Gasteiger partial charge in [-0.2, -0.15) is 0 Å². The number of hydrogen-bond donors (Lipinski definition) is 1. The molecule has 0 aliphatic rings. The monoisotopic (exact) mass is 227 g/mol. The maximum atomic E-state index is 5.90. The minimum Gasteiger partial charge on any atom is -0.376 e. The van der Waals surface area contributed by atoms with Crippen LogP contribution in [0, 0.1) is 5.41 Å². The Morgan fingerprint density at radius 2 is 1.88 bits per heavy atom. The molecule has 2 nitrogen and oxygen atoms in total. The van der Waals surface area contributed by atoms with Crippen LogP contribution in [0.4, 0.5) is 0 Å². The van der Waals surface area contributed by atoms with Crippen LogP contribution in [0.5, 0.6) is 0 Å². The highest BCUT2D eigenvalue weighted by Crippen LogP contribution is 2.27. The van der Waals surface area contributed by atoms with E-state index < -0.39 is 0 Å². The van der Waals surface area contributed by atoms with Crippen molar-refractivity contribution < 1.29 is 4.74 Å². The van der Waals surface area contributed by atoms with E-state index in [-0.39, 0.29) is 17.6 Å². The molecule has 2 heteroatoms. The summed E-state index contributed by atoms with van der Waals surface area (Å²) in [6.07, 6.45) is 1.31. The number of ether oxygens (including phenoxy) is 1. The summed E-state index contributed by atoms with van der Waals surface area (Å²) in [6, 6.07) is 0.250. The summed E-state index contributed by atoms with van der Waals surface area (Å²) in [6.45, 7) is 18.8. The molecule has 0 heterocycles. The highest BCUT2D eigenvalue weighted by molar-refractivity contribution is 5.08. The molecule has 0 aliphatic heterocycles. The summed E-state index contributed by atoms with van der Waals surface area (Å²) in [5.74, 6) is 0. The average molecular weight is 227 g/mol. The van der Waals surface area contributed by atoms with Gasteiger partial charge in [0.1, 0.15) is 0 Å². The standard InChI is InChI=1S/C14H29NO/c1-8-10-15-12(11(3)4)13(16-9-2)14(5,6)7/h12-13,15H,3,8-10H2,1-2,4-7H3. The number of nitrogens with one attached hydrogen (secondary N) is 1. The summed E-state index contributed by atoms with van der Waals surface area (Å²) in [4.78, 5) is 0. The first-order valence-corrected chi connectivity index (χ1v) is 6.35.